The minimum atomic E-state index is 0.578. The molecular weight excluding hydrogens is 493 g/mol. The lowest BCUT2D eigenvalue weighted by Gasteiger charge is -2.34. The molecule has 1 fully saturated rings. The van der Waals surface area contributed by atoms with Crippen LogP contribution in [0.5, 0.6) is 0 Å². The van der Waals surface area contributed by atoms with Crippen molar-refractivity contribution in [2.24, 2.45) is 10.7 Å². The van der Waals surface area contributed by atoms with E-state index in [9.17, 15) is 0 Å². The van der Waals surface area contributed by atoms with Crippen molar-refractivity contribution in [1.29, 1.82) is 0 Å². The lowest BCUT2D eigenvalue weighted by molar-refractivity contribution is 0.313. The monoisotopic (exact) mass is 529 g/mol. The van der Waals surface area contributed by atoms with Gasteiger partial charge in [0, 0.05) is 54.5 Å². The molecule has 3 N–H and O–H groups in total. The van der Waals surface area contributed by atoms with E-state index in [2.05, 4.69) is 46.1 Å². The Morgan fingerprint density at radius 1 is 1.17 bits per heavy atom. The average molecular weight is 531 g/mol. The van der Waals surface area contributed by atoms with Gasteiger partial charge in [-0.15, -0.1) is 0 Å². The maximum absolute atomic E-state index is 8.99. The first kappa shape index (κ1) is 29.4. The molecule has 0 saturated carbocycles. The summed E-state index contributed by atoms with van der Waals surface area (Å²) in [5, 5.41) is 10.2. The molecule has 0 radical (unpaired) electrons. The summed E-state index contributed by atoms with van der Waals surface area (Å²) in [6.45, 7) is 10.1. The molecule has 6 nitrogen and oxygen atoms in total. The summed E-state index contributed by atoms with van der Waals surface area (Å²) in [6, 6.07) is 14.4. The van der Waals surface area contributed by atoms with Crippen LogP contribution in [0.1, 0.15) is 38.3 Å². The standard InChI is InChI=1S/C26H31Cl2N5O.C2H6/c1-19(26(28)23-16-21(27)7-9-25(23)32(3)14-15-34)4-5-20-6-8-22(17-24(20)30-18-29)33-12-10-31(2)11-13-33;1-2/h6-9,16-18,34H,4-5,10-13H2,1-3H3,(H2,29,30);1-2H3/b26-19-;. The Labute approximate surface area is 226 Å². The van der Waals surface area contributed by atoms with Crippen molar-refractivity contribution >= 4 is 51.6 Å². The Hall–Kier alpha value is -2.85. The third-order valence-corrected chi connectivity index (χ3v) is 6.83. The van der Waals surface area contributed by atoms with Gasteiger partial charge in [-0.05, 0) is 62.7 Å². The van der Waals surface area contributed by atoms with Crippen molar-refractivity contribution in [2.75, 3.05) is 50.1 Å². The highest BCUT2D eigenvalue weighted by Gasteiger charge is 2.16. The number of halogens is 2. The first-order valence-corrected chi connectivity index (χ1v) is 12.9. The number of allylic oxidation sites excluding steroid dienone is 1. The Bertz CT molecular complexity index is 1130. The molecule has 0 aromatic heterocycles. The topological polar surface area (TPSA) is 68.3 Å². The summed E-state index contributed by atoms with van der Waals surface area (Å²) >= 11 is 13.1. The summed E-state index contributed by atoms with van der Waals surface area (Å²) in [6.07, 6.45) is 4.77. The number of rotatable bonds is 7. The summed E-state index contributed by atoms with van der Waals surface area (Å²) < 4.78 is 0. The van der Waals surface area contributed by atoms with Gasteiger partial charge < -0.3 is 25.5 Å². The van der Waals surface area contributed by atoms with Crippen molar-refractivity contribution in [3.63, 3.8) is 0 Å². The predicted molar refractivity (Wildman–Crippen MR) is 156 cm³/mol. The van der Waals surface area contributed by atoms with Crippen molar-refractivity contribution < 1.29 is 5.11 Å². The third kappa shape index (κ3) is 7.83. The second kappa shape index (κ2) is 14.6. The molecule has 2 aromatic rings. The van der Waals surface area contributed by atoms with E-state index in [0.29, 0.717) is 10.1 Å². The highest BCUT2D eigenvalue weighted by Crippen LogP contribution is 2.35. The minimum Gasteiger partial charge on any atom is -0.461 e. The fourth-order valence-corrected chi connectivity index (χ4v) is 4.42. The molecule has 8 heteroatoms. The van der Waals surface area contributed by atoms with Gasteiger partial charge in [-0.1, -0.05) is 48.7 Å². The van der Waals surface area contributed by atoms with E-state index < -0.39 is 0 Å². The Kier molecular flexibility index (Phi) is 12.0. The molecule has 3 rings (SSSR count). The number of aliphatic hydroxyl groups is 1. The quantitative estimate of drug-likeness (QED) is 0.197. The van der Waals surface area contributed by atoms with Crippen molar-refractivity contribution in [1.82, 2.24) is 4.90 Å². The van der Waals surface area contributed by atoms with Gasteiger partial charge in [0.25, 0.3) is 0 Å². The third-order valence-electron chi connectivity index (χ3n) is 6.07. The van der Waals surface area contributed by atoms with E-state index in [1.807, 2.05) is 39.0 Å². The number of aliphatic imine (C=N–C) groups is 1. The molecule has 0 spiro atoms. The first-order valence-electron chi connectivity index (χ1n) is 12.2. The van der Waals surface area contributed by atoms with Crippen LogP contribution in [-0.2, 0) is 6.42 Å². The van der Waals surface area contributed by atoms with E-state index in [1.165, 1.54) is 12.0 Å². The summed E-state index contributed by atoms with van der Waals surface area (Å²) in [5.74, 6) is 0. The largest absolute Gasteiger partial charge is 0.461 e. The van der Waals surface area contributed by atoms with Crippen LogP contribution in [0, 0.1) is 12.2 Å². The van der Waals surface area contributed by atoms with Crippen LogP contribution < -0.4 is 15.5 Å². The zero-order valence-corrected chi connectivity index (χ0v) is 23.4. The molecule has 0 bridgehead atoms. The van der Waals surface area contributed by atoms with E-state index in [1.54, 1.807) is 18.0 Å². The van der Waals surface area contributed by atoms with E-state index >= 15 is 0 Å². The molecule has 0 unspecified atom stereocenters. The molecule has 1 aliphatic heterocycles. The lowest BCUT2D eigenvalue weighted by atomic mass is 10.0. The van der Waals surface area contributed by atoms with Crippen LogP contribution in [0.3, 0.4) is 0 Å². The van der Waals surface area contributed by atoms with E-state index in [4.69, 9.17) is 34.0 Å². The first-order chi connectivity index (χ1) is 17.3. The molecule has 1 heterocycles. The van der Waals surface area contributed by atoms with Gasteiger partial charge >= 0.3 is 0 Å². The number of anilines is 2. The molecule has 194 valence electrons. The van der Waals surface area contributed by atoms with Crippen molar-refractivity contribution in [2.45, 2.75) is 33.6 Å². The van der Waals surface area contributed by atoms with E-state index in [-0.39, 0.29) is 0 Å². The van der Waals surface area contributed by atoms with Crippen molar-refractivity contribution in [3.8, 4) is 12.2 Å². The second-order valence-electron chi connectivity index (χ2n) is 8.42. The fourth-order valence-electron chi connectivity index (χ4n) is 4.00. The summed E-state index contributed by atoms with van der Waals surface area (Å²) in [5.41, 5.74) is 11.4. The van der Waals surface area contributed by atoms with Gasteiger partial charge in [0.05, 0.1) is 23.8 Å². The lowest BCUT2D eigenvalue weighted by Crippen LogP contribution is -2.44. The second-order valence-corrected chi connectivity index (χ2v) is 9.23. The van der Waals surface area contributed by atoms with E-state index in [0.717, 1.165) is 67.1 Å². The van der Waals surface area contributed by atoms with Gasteiger partial charge in [-0.25, -0.2) is 4.99 Å². The molecular formula is C28H37Cl2N5O. The van der Waals surface area contributed by atoms with Crippen LogP contribution in [0.2, 0.25) is 5.02 Å². The normalized spacial score (nSPS) is 14.5. The Balaban J connectivity index is 0.00000222. The number of aliphatic hydroxyl groups excluding tert-OH is 1. The fraction of sp³-hybridized carbons (Fsp3) is 0.393. The zero-order chi connectivity index (χ0) is 26.7. The van der Waals surface area contributed by atoms with Crippen LogP contribution in [0.4, 0.5) is 17.1 Å². The van der Waals surface area contributed by atoms with Crippen LogP contribution in [-0.4, -0.2) is 56.6 Å². The van der Waals surface area contributed by atoms with Crippen LogP contribution in [0.15, 0.2) is 47.0 Å². The Morgan fingerprint density at radius 3 is 2.50 bits per heavy atom. The van der Waals surface area contributed by atoms with Gasteiger partial charge in [0.1, 0.15) is 6.11 Å². The molecule has 36 heavy (non-hydrogen) atoms. The highest BCUT2D eigenvalue weighted by molar-refractivity contribution is 6.50. The van der Waals surface area contributed by atoms with Gasteiger partial charge in [0.2, 0.25) is 0 Å². The number of hydrogen-bond donors (Lipinski definition) is 2. The molecule has 1 saturated heterocycles. The van der Waals surface area contributed by atoms with Gasteiger partial charge in [-0.2, -0.15) is 0 Å². The number of piperazine rings is 1. The SMILES string of the molecule is C/C(CCc1ccc(N2CCN(C)CC2)cc1N=CN)=C(/Cl)c1cc(Cl)ccc1N(C)C#CO.CC. The van der Waals surface area contributed by atoms with Gasteiger partial charge in [0.15, 0.2) is 0 Å². The summed E-state index contributed by atoms with van der Waals surface area (Å²) in [7, 11) is 3.91. The molecule has 2 aromatic carbocycles. The molecule has 0 atom stereocenters. The van der Waals surface area contributed by atoms with Crippen LogP contribution >= 0.6 is 23.2 Å². The number of nitrogens with two attached hydrogens (primary N) is 1. The molecule has 1 aliphatic rings. The Morgan fingerprint density at radius 2 is 1.86 bits per heavy atom. The predicted octanol–water partition coefficient (Wildman–Crippen LogP) is 6.07. The molecule has 0 aliphatic carbocycles. The zero-order valence-electron chi connectivity index (χ0n) is 21.9. The number of hydrogen-bond acceptors (Lipinski definition) is 5. The number of aryl methyl sites for hydroxylation is 1. The average Bonchev–Trinajstić information content (AvgIpc) is 2.89. The summed E-state index contributed by atoms with van der Waals surface area (Å²) in [4.78, 5) is 10.8. The van der Waals surface area contributed by atoms with Gasteiger partial charge in [-0.3, -0.25) is 0 Å². The smallest absolute Gasteiger partial charge is 0.131 e. The maximum Gasteiger partial charge on any atom is 0.131 e. The number of nitrogens with zero attached hydrogens (tertiary/aromatic N) is 4. The highest BCUT2D eigenvalue weighted by atomic mass is 35.5. The number of benzene rings is 2. The minimum absolute atomic E-state index is 0.578. The number of likely N-dealkylation sites (N-methyl/N-ethyl adjacent to an activating group) is 1. The van der Waals surface area contributed by atoms with Crippen LogP contribution in [0.25, 0.3) is 5.03 Å². The molecule has 0 amide bonds. The van der Waals surface area contributed by atoms with Crippen molar-refractivity contribution in [3.05, 3.63) is 58.1 Å². The maximum atomic E-state index is 8.99.